The molecule has 0 saturated carbocycles. The number of rotatable bonds is 1. The Morgan fingerprint density at radius 3 is 3.18 bits per heavy atom. The summed E-state index contributed by atoms with van der Waals surface area (Å²) in [7, 11) is 2.06. The van der Waals surface area contributed by atoms with Gasteiger partial charge in [0.05, 0.1) is 6.33 Å². The molecule has 1 aliphatic heterocycles. The Morgan fingerprint density at radius 2 is 2.64 bits per heavy atom. The van der Waals surface area contributed by atoms with E-state index in [1.807, 2.05) is 17.1 Å². The monoisotopic (exact) mass is 165 g/mol. The van der Waals surface area contributed by atoms with E-state index < -0.39 is 0 Å². The van der Waals surface area contributed by atoms with Gasteiger partial charge in [-0.2, -0.15) is 0 Å². The molecular weight excluding hydrogens is 157 g/mol. The molecule has 1 unspecified atom stereocenters. The number of aromatic nitrogens is 2. The Morgan fingerprint density at radius 1 is 1.73 bits per heavy atom. The van der Waals surface area contributed by atoms with Crippen molar-refractivity contribution in [1.29, 1.82) is 0 Å². The van der Waals surface area contributed by atoms with Crippen LogP contribution in [0.15, 0.2) is 29.7 Å². The zero-order chi connectivity index (χ0) is 7.68. The van der Waals surface area contributed by atoms with Crippen LogP contribution in [0.2, 0.25) is 0 Å². The molecule has 2 heterocycles. The summed E-state index contributed by atoms with van der Waals surface area (Å²) in [6.07, 6.45) is 5.56. The minimum absolute atomic E-state index is 0.303. The number of thioether (sulfide) groups is 1. The molecule has 2 rings (SSSR count). The Bertz CT molecular complexity index is 269. The van der Waals surface area contributed by atoms with E-state index in [0.717, 1.165) is 0 Å². The first-order valence-corrected chi connectivity index (χ1v) is 4.37. The van der Waals surface area contributed by atoms with Gasteiger partial charge in [0, 0.05) is 12.4 Å². The summed E-state index contributed by atoms with van der Waals surface area (Å²) < 4.78 is 2.04. The lowest BCUT2D eigenvalue weighted by atomic mass is 10.1. The summed E-state index contributed by atoms with van der Waals surface area (Å²) in [6.45, 7) is 0. The van der Waals surface area contributed by atoms with Gasteiger partial charge in [0.15, 0.2) is 13.3 Å². The average Bonchev–Trinajstić information content (AvgIpc) is 2.55. The van der Waals surface area contributed by atoms with Gasteiger partial charge in [-0.1, -0.05) is 11.8 Å². The van der Waals surface area contributed by atoms with Gasteiger partial charge >= 0.3 is 0 Å². The summed E-state index contributed by atoms with van der Waals surface area (Å²) in [5.74, 6) is 0. The zero-order valence-electron chi connectivity index (χ0n) is 6.19. The molecule has 1 atom stereocenters. The maximum absolute atomic E-state index is 3.98. The summed E-state index contributed by atoms with van der Waals surface area (Å²) in [5, 5.41) is 5.42. The van der Waals surface area contributed by atoms with Crippen molar-refractivity contribution in [2.45, 2.75) is 5.50 Å². The molecule has 1 aliphatic rings. The first-order valence-electron chi connectivity index (χ1n) is 3.42. The third-order valence-electron chi connectivity index (χ3n) is 1.52. The van der Waals surface area contributed by atoms with Crippen molar-refractivity contribution in [1.82, 2.24) is 14.9 Å². The average molecular weight is 165 g/mol. The van der Waals surface area contributed by atoms with Gasteiger partial charge in [0.2, 0.25) is 0 Å². The molecule has 5 heteroatoms. The van der Waals surface area contributed by atoms with Crippen LogP contribution >= 0.6 is 11.8 Å². The van der Waals surface area contributed by atoms with Gasteiger partial charge in [0.1, 0.15) is 0 Å². The van der Waals surface area contributed by atoms with Crippen LogP contribution in [0.3, 0.4) is 0 Å². The molecule has 0 radical (unpaired) electrons. The summed E-state index contributed by atoms with van der Waals surface area (Å²) in [4.78, 5) is 3.98. The molecule has 0 spiro atoms. The highest BCUT2D eigenvalue weighted by molar-refractivity contribution is 8.02. The van der Waals surface area contributed by atoms with Crippen molar-refractivity contribution in [3.05, 3.63) is 29.7 Å². The maximum Gasteiger partial charge on any atom is 0.161 e. The lowest BCUT2D eigenvalue weighted by Crippen LogP contribution is -2.17. The number of nitrogens with one attached hydrogen (secondary N) is 1. The lowest BCUT2D eigenvalue weighted by molar-refractivity contribution is 0.625. The fourth-order valence-corrected chi connectivity index (χ4v) is 1.90. The van der Waals surface area contributed by atoms with Crippen molar-refractivity contribution < 1.29 is 0 Å². The first kappa shape index (κ1) is 6.85. The Labute approximate surface area is 70.3 Å². The number of hydrogen-bond acceptors (Lipinski definition) is 3. The van der Waals surface area contributed by atoms with Crippen molar-refractivity contribution in [3.63, 3.8) is 0 Å². The van der Waals surface area contributed by atoms with Crippen LogP contribution < -0.4 is 5.32 Å². The van der Waals surface area contributed by atoms with Crippen molar-refractivity contribution >= 4 is 19.6 Å². The maximum atomic E-state index is 3.98. The summed E-state index contributed by atoms with van der Waals surface area (Å²) in [6, 6.07) is 0. The number of imidazole rings is 1. The van der Waals surface area contributed by atoms with E-state index in [1.165, 1.54) is 5.60 Å². The minimum atomic E-state index is 0.303. The highest BCUT2D eigenvalue weighted by atomic mass is 32.2. The third-order valence-corrected chi connectivity index (χ3v) is 2.63. The van der Waals surface area contributed by atoms with Gasteiger partial charge in [-0.25, -0.2) is 4.98 Å². The van der Waals surface area contributed by atoms with Crippen LogP contribution in [-0.4, -0.2) is 17.4 Å². The molecule has 0 aromatic carbocycles. The molecule has 1 N–H and O–H groups in total. The molecular formula is C6H8BN3S. The van der Waals surface area contributed by atoms with Gasteiger partial charge < -0.3 is 9.88 Å². The molecule has 0 amide bonds. The van der Waals surface area contributed by atoms with Gasteiger partial charge in [0.25, 0.3) is 0 Å². The molecule has 11 heavy (non-hydrogen) atoms. The van der Waals surface area contributed by atoms with Gasteiger partial charge in [-0.3, -0.25) is 0 Å². The molecule has 0 bridgehead atoms. The molecule has 1 aromatic rings. The molecule has 56 valence electrons. The normalized spacial score (nSPS) is 22.9. The molecule has 0 saturated heterocycles. The predicted molar refractivity (Wildman–Crippen MR) is 48.6 cm³/mol. The smallest absolute Gasteiger partial charge is 0.161 e. The topological polar surface area (TPSA) is 29.9 Å². The van der Waals surface area contributed by atoms with E-state index in [1.54, 1.807) is 18.0 Å². The largest absolute Gasteiger partial charge is 0.368 e. The van der Waals surface area contributed by atoms with Crippen LogP contribution in [0.25, 0.3) is 0 Å². The summed E-state index contributed by atoms with van der Waals surface area (Å²) >= 11 is 1.76. The molecule has 0 aliphatic carbocycles. The van der Waals surface area contributed by atoms with E-state index in [2.05, 4.69) is 23.6 Å². The van der Waals surface area contributed by atoms with Crippen LogP contribution in [0.1, 0.15) is 5.50 Å². The highest BCUT2D eigenvalue weighted by Gasteiger charge is 2.13. The summed E-state index contributed by atoms with van der Waals surface area (Å²) in [5.41, 5.74) is 1.52. The zero-order valence-corrected chi connectivity index (χ0v) is 7.01. The standard InChI is InChI=1S/C6H8BN3S/c7-5-3-11-6(9-5)10-2-1-8-4-10/h1-4,6,9H,7H2. The van der Waals surface area contributed by atoms with Crippen LogP contribution in [0.4, 0.5) is 0 Å². The number of hydrogen-bond donors (Lipinski definition) is 1. The van der Waals surface area contributed by atoms with Crippen LogP contribution in [0, 0.1) is 0 Å². The molecule has 0 fully saturated rings. The Hall–Kier alpha value is -0.835. The van der Waals surface area contributed by atoms with E-state index >= 15 is 0 Å². The fraction of sp³-hybridized carbons (Fsp3) is 0.167. The second-order valence-corrected chi connectivity index (χ2v) is 3.40. The molecule has 3 nitrogen and oxygen atoms in total. The molecule has 1 aromatic heterocycles. The quantitative estimate of drug-likeness (QED) is 0.599. The van der Waals surface area contributed by atoms with Crippen molar-refractivity contribution in [2.75, 3.05) is 0 Å². The second-order valence-electron chi connectivity index (χ2n) is 2.44. The van der Waals surface area contributed by atoms with E-state index in [0.29, 0.717) is 5.50 Å². The van der Waals surface area contributed by atoms with Gasteiger partial charge in [-0.05, 0) is 11.0 Å². The van der Waals surface area contributed by atoms with Crippen LogP contribution in [-0.2, 0) is 0 Å². The Balaban J connectivity index is 2.11. The highest BCUT2D eigenvalue weighted by Crippen LogP contribution is 2.27. The lowest BCUT2D eigenvalue weighted by Gasteiger charge is -2.11. The minimum Gasteiger partial charge on any atom is -0.368 e. The second kappa shape index (κ2) is 2.66. The van der Waals surface area contributed by atoms with E-state index in [-0.39, 0.29) is 0 Å². The van der Waals surface area contributed by atoms with Gasteiger partial charge in [-0.15, -0.1) is 0 Å². The van der Waals surface area contributed by atoms with E-state index in [4.69, 9.17) is 0 Å². The first-order chi connectivity index (χ1) is 5.36. The predicted octanol–water partition coefficient (Wildman–Crippen LogP) is 0.108. The van der Waals surface area contributed by atoms with Crippen molar-refractivity contribution in [2.24, 2.45) is 0 Å². The third kappa shape index (κ3) is 1.28. The Kier molecular flexibility index (Phi) is 1.65. The fourth-order valence-electron chi connectivity index (χ4n) is 0.982. The van der Waals surface area contributed by atoms with Crippen molar-refractivity contribution in [3.8, 4) is 0 Å². The van der Waals surface area contributed by atoms with Crippen LogP contribution in [0.5, 0.6) is 0 Å². The number of nitrogens with zero attached hydrogens (tertiary/aromatic N) is 2. The SMILES string of the molecule is BC1=CSC(n2ccnc2)N1. The van der Waals surface area contributed by atoms with E-state index in [9.17, 15) is 0 Å².